The number of halogens is 1. The predicted molar refractivity (Wildman–Crippen MR) is 127 cm³/mol. The van der Waals surface area contributed by atoms with Crippen LogP contribution in [0.3, 0.4) is 0 Å². The van der Waals surface area contributed by atoms with E-state index in [4.69, 9.17) is 5.11 Å². The van der Waals surface area contributed by atoms with Gasteiger partial charge < -0.3 is 5.11 Å². The molecule has 31 heavy (non-hydrogen) atoms. The minimum absolute atomic E-state index is 0.296. The summed E-state index contributed by atoms with van der Waals surface area (Å²) in [6, 6.07) is 0. The number of rotatable bonds is 5. The molecule has 1 N–H and O–H groups in total. The van der Waals surface area contributed by atoms with Crippen LogP contribution in [0.25, 0.3) is 0 Å². The van der Waals surface area contributed by atoms with Gasteiger partial charge >= 0.3 is 5.97 Å². The zero-order chi connectivity index (χ0) is 23.0. The highest BCUT2D eigenvalue weighted by molar-refractivity contribution is 5.66. The summed E-state index contributed by atoms with van der Waals surface area (Å²) in [6.07, 6.45) is 11.9. The van der Waals surface area contributed by atoms with Crippen LogP contribution in [-0.2, 0) is 4.79 Å². The van der Waals surface area contributed by atoms with Crippen molar-refractivity contribution in [3.05, 3.63) is 0 Å². The zero-order valence-electron chi connectivity index (χ0n) is 21.1. The van der Waals surface area contributed by atoms with Gasteiger partial charge in [-0.25, -0.2) is 4.39 Å². The maximum Gasteiger partial charge on any atom is 0.303 e. The number of hydrogen-bond acceptors (Lipinski definition) is 1. The van der Waals surface area contributed by atoms with Crippen LogP contribution in [-0.4, -0.2) is 17.2 Å². The Balaban J connectivity index is 0.00000132. The third kappa shape index (κ3) is 4.45. The van der Waals surface area contributed by atoms with E-state index >= 15 is 0 Å². The van der Waals surface area contributed by atoms with Gasteiger partial charge in [-0.2, -0.15) is 0 Å². The second-order valence-corrected chi connectivity index (χ2v) is 12.0. The van der Waals surface area contributed by atoms with Gasteiger partial charge in [0.25, 0.3) is 0 Å². The molecule has 0 aliphatic heterocycles. The minimum atomic E-state index is -0.648. The SMILES string of the molecule is CC.CC(F)C1CCC2(C)C(CCC3C2CCC2(C)C(C(C)CCC(=O)O)CCC32)C1. The highest BCUT2D eigenvalue weighted by Gasteiger charge is 2.60. The molecular formula is C28H49FO2. The molecule has 4 fully saturated rings. The molecule has 0 heterocycles. The predicted octanol–water partition coefficient (Wildman–Crippen LogP) is 8.15. The first-order valence-electron chi connectivity index (χ1n) is 13.5. The summed E-state index contributed by atoms with van der Waals surface area (Å²) in [4.78, 5) is 11.1. The van der Waals surface area contributed by atoms with E-state index in [1.165, 1.54) is 44.9 Å². The summed E-state index contributed by atoms with van der Waals surface area (Å²) in [5, 5.41) is 9.12. The third-order valence-electron chi connectivity index (χ3n) is 10.9. The van der Waals surface area contributed by atoms with Gasteiger partial charge in [-0.05, 0) is 123 Å². The highest BCUT2D eigenvalue weighted by atomic mass is 19.1. The van der Waals surface area contributed by atoms with Gasteiger partial charge in [-0.1, -0.05) is 34.6 Å². The van der Waals surface area contributed by atoms with E-state index in [1.807, 2.05) is 13.8 Å². The smallest absolute Gasteiger partial charge is 0.303 e. The molecule has 4 aliphatic rings. The van der Waals surface area contributed by atoms with Crippen LogP contribution in [0.5, 0.6) is 0 Å². The van der Waals surface area contributed by atoms with Gasteiger partial charge in [0.05, 0.1) is 0 Å². The molecule has 0 spiro atoms. The van der Waals surface area contributed by atoms with Crippen molar-refractivity contribution in [3.63, 3.8) is 0 Å². The van der Waals surface area contributed by atoms with Crippen molar-refractivity contribution >= 4 is 5.97 Å². The van der Waals surface area contributed by atoms with Gasteiger partial charge in [0.15, 0.2) is 0 Å². The van der Waals surface area contributed by atoms with Crippen molar-refractivity contribution in [1.82, 2.24) is 0 Å². The number of carboxylic acid groups (broad SMARTS) is 1. The molecule has 0 amide bonds. The van der Waals surface area contributed by atoms with Crippen LogP contribution in [0.1, 0.15) is 112 Å². The Kier molecular flexibility index (Phi) is 7.85. The van der Waals surface area contributed by atoms with E-state index in [1.54, 1.807) is 6.92 Å². The second-order valence-electron chi connectivity index (χ2n) is 12.0. The van der Waals surface area contributed by atoms with Crippen LogP contribution in [0.15, 0.2) is 0 Å². The third-order valence-corrected chi connectivity index (χ3v) is 10.9. The van der Waals surface area contributed by atoms with E-state index in [0.717, 1.165) is 42.9 Å². The average Bonchev–Trinajstić information content (AvgIpc) is 3.10. The Morgan fingerprint density at radius 1 is 0.968 bits per heavy atom. The van der Waals surface area contributed by atoms with E-state index in [9.17, 15) is 9.18 Å². The van der Waals surface area contributed by atoms with Gasteiger partial charge in [0, 0.05) is 6.42 Å². The maximum absolute atomic E-state index is 14.0. The number of carbonyl (C=O) groups is 1. The molecule has 10 atom stereocenters. The highest BCUT2D eigenvalue weighted by Crippen LogP contribution is 2.68. The standard InChI is InChI=1S/C26H43FO2.C2H6/c1-16(5-10-24(28)29)21-8-9-22-20-7-6-19-15-18(17(2)27)11-13-25(19,3)23(20)12-14-26(21,22)4;1-2/h16-23H,5-15H2,1-4H3,(H,28,29);1-2H3. The maximum atomic E-state index is 14.0. The van der Waals surface area contributed by atoms with Gasteiger partial charge in [0.2, 0.25) is 0 Å². The molecule has 10 unspecified atom stereocenters. The molecule has 4 aliphatic carbocycles. The molecule has 0 saturated heterocycles. The molecule has 0 aromatic rings. The Hall–Kier alpha value is -0.600. The average molecular weight is 437 g/mol. The fourth-order valence-electron chi connectivity index (χ4n) is 9.24. The lowest BCUT2D eigenvalue weighted by atomic mass is 9.44. The van der Waals surface area contributed by atoms with E-state index < -0.39 is 12.1 Å². The molecule has 4 saturated carbocycles. The molecule has 4 rings (SSSR count). The van der Waals surface area contributed by atoms with Crippen molar-refractivity contribution < 1.29 is 14.3 Å². The van der Waals surface area contributed by atoms with Crippen LogP contribution in [0, 0.1) is 52.3 Å². The topological polar surface area (TPSA) is 37.3 Å². The number of alkyl halides is 1. The van der Waals surface area contributed by atoms with E-state index in [0.29, 0.717) is 35.0 Å². The number of carboxylic acids is 1. The van der Waals surface area contributed by atoms with E-state index in [2.05, 4.69) is 20.8 Å². The van der Waals surface area contributed by atoms with E-state index in [-0.39, 0.29) is 0 Å². The van der Waals surface area contributed by atoms with Gasteiger partial charge in [-0.15, -0.1) is 0 Å². The summed E-state index contributed by atoms with van der Waals surface area (Å²) in [5.41, 5.74) is 0.843. The number of fused-ring (bicyclic) bond motifs is 5. The number of hydrogen-bond donors (Lipinski definition) is 1. The number of aliphatic carboxylic acids is 1. The lowest BCUT2D eigenvalue weighted by Gasteiger charge is -2.61. The summed E-state index contributed by atoms with van der Waals surface area (Å²) < 4.78 is 14.0. The lowest BCUT2D eigenvalue weighted by Crippen LogP contribution is -2.54. The van der Waals surface area contributed by atoms with Crippen molar-refractivity contribution in [2.75, 3.05) is 0 Å². The summed E-state index contributed by atoms with van der Waals surface area (Å²) in [5.74, 6) is 4.11. The zero-order valence-corrected chi connectivity index (χ0v) is 21.1. The van der Waals surface area contributed by atoms with Crippen LogP contribution in [0.4, 0.5) is 4.39 Å². The quantitative estimate of drug-likeness (QED) is 0.472. The van der Waals surface area contributed by atoms with Crippen molar-refractivity contribution in [3.8, 4) is 0 Å². The molecule has 180 valence electrons. The first-order chi connectivity index (χ1) is 14.7. The van der Waals surface area contributed by atoms with Crippen LogP contribution >= 0.6 is 0 Å². The largest absolute Gasteiger partial charge is 0.481 e. The van der Waals surface area contributed by atoms with Crippen molar-refractivity contribution in [2.24, 2.45) is 52.3 Å². The minimum Gasteiger partial charge on any atom is -0.481 e. The lowest BCUT2D eigenvalue weighted by molar-refractivity contribution is -0.138. The Morgan fingerprint density at radius 3 is 2.26 bits per heavy atom. The van der Waals surface area contributed by atoms with Gasteiger partial charge in [-0.3, -0.25) is 4.79 Å². The summed E-state index contributed by atoms with van der Waals surface area (Å²) >= 11 is 0. The van der Waals surface area contributed by atoms with Crippen LogP contribution in [0.2, 0.25) is 0 Å². The monoisotopic (exact) mass is 436 g/mol. The molecule has 0 aromatic carbocycles. The Morgan fingerprint density at radius 2 is 1.61 bits per heavy atom. The molecule has 0 bridgehead atoms. The first kappa shape index (κ1) is 25.0. The van der Waals surface area contributed by atoms with Crippen molar-refractivity contribution in [1.29, 1.82) is 0 Å². The molecular weight excluding hydrogens is 387 g/mol. The fraction of sp³-hybridized carbons (Fsp3) is 0.964. The Labute approximate surface area is 191 Å². The molecule has 0 radical (unpaired) electrons. The molecule has 0 aromatic heterocycles. The molecule has 3 heteroatoms. The first-order valence-corrected chi connectivity index (χ1v) is 13.5. The Bertz CT molecular complexity index is 618. The van der Waals surface area contributed by atoms with Crippen molar-refractivity contribution in [2.45, 2.75) is 118 Å². The second kappa shape index (κ2) is 9.72. The van der Waals surface area contributed by atoms with Gasteiger partial charge in [0.1, 0.15) is 6.17 Å². The van der Waals surface area contributed by atoms with Crippen LogP contribution < -0.4 is 0 Å². The summed E-state index contributed by atoms with van der Waals surface area (Å²) in [6.45, 7) is 13.2. The normalized spacial score (nSPS) is 45.9. The molecule has 2 nitrogen and oxygen atoms in total. The fourth-order valence-corrected chi connectivity index (χ4v) is 9.24. The summed E-state index contributed by atoms with van der Waals surface area (Å²) in [7, 11) is 0.